The van der Waals surface area contributed by atoms with E-state index >= 15 is 0 Å². The molecule has 1 aliphatic heterocycles. The van der Waals surface area contributed by atoms with Crippen LogP contribution in [0.25, 0.3) is 0 Å². The molecule has 0 unspecified atom stereocenters. The molecule has 0 radical (unpaired) electrons. The molecule has 1 saturated heterocycles. The minimum Gasteiger partial charge on any atom is -0.352 e. The Bertz CT molecular complexity index is 496. The van der Waals surface area contributed by atoms with Crippen molar-refractivity contribution in [3.63, 3.8) is 0 Å². The number of likely N-dealkylation sites (tertiary alicyclic amines) is 1. The van der Waals surface area contributed by atoms with Crippen molar-refractivity contribution in [1.82, 2.24) is 10.2 Å². The van der Waals surface area contributed by atoms with Gasteiger partial charge in [0.05, 0.1) is 0 Å². The first-order valence-electron chi connectivity index (χ1n) is 6.58. The number of benzene rings is 1. The minimum absolute atomic E-state index is 0.0585. The second kappa shape index (κ2) is 6.83. The van der Waals surface area contributed by atoms with Crippen LogP contribution in [0.5, 0.6) is 0 Å². The average Bonchev–Trinajstić information content (AvgIpc) is 2.91. The summed E-state index contributed by atoms with van der Waals surface area (Å²) in [6.07, 6.45) is 2.38. The van der Waals surface area contributed by atoms with Crippen LogP contribution in [0.15, 0.2) is 22.7 Å². The lowest BCUT2D eigenvalue weighted by Crippen LogP contribution is -2.32. The minimum atomic E-state index is -0.474. The normalized spacial score (nSPS) is 14.4. The molecule has 1 N–H and O–H groups in total. The van der Waals surface area contributed by atoms with Crippen molar-refractivity contribution in [2.75, 3.05) is 19.6 Å². The molecule has 1 fully saturated rings. The van der Waals surface area contributed by atoms with Gasteiger partial charge in [0.25, 0.3) is 5.91 Å². The predicted molar refractivity (Wildman–Crippen MR) is 76.9 cm³/mol. The van der Waals surface area contributed by atoms with E-state index in [1.54, 1.807) is 6.07 Å². The van der Waals surface area contributed by atoms with Gasteiger partial charge in [0.1, 0.15) is 5.82 Å². The Hall–Kier alpha value is -1.43. The van der Waals surface area contributed by atoms with Crippen LogP contribution < -0.4 is 5.32 Å². The summed E-state index contributed by atoms with van der Waals surface area (Å²) < 4.78 is 13.7. The predicted octanol–water partition coefficient (Wildman–Crippen LogP) is 2.33. The maximum Gasteiger partial charge on any atom is 0.251 e. The van der Waals surface area contributed by atoms with E-state index in [0.717, 1.165) is 25.9 Å². The number of rotatable bonds is 4. The number of carbonyl (C=O) groups excluding carboxylic acids is 2. The number of halogens is 2. The van der Waals surface area contributed by atoms with Gasteiger partial charge in [-0.15, -0.1) is 0 Å². The van der Waals surface area contributed by atoms with Crippen molar-refractivity contribution < 1.29 is 14.0 Å². The molecule has 0 spiro atoms. The fourth-order valence-electron chi connectivity index (χ4n) is 2.19. The van der Waals surface area contributed by atoms with E-state index in [1.165, 1.54) is 12.1 Å². The van der Waals surface area contributed by atoms with E-state index in [0.29, 0.717) is 4.47 Å². The van der Waals surface area contributed by atoms with E-state index < -0.39 is 5.82 Å². The molecule has 0 saturated carbocycles. The van der Waals surface area contributed by atoms with Gasteiger partial charge >= 0.3 is 0 Å². The van der Waals surface area contributed by atoms with Crippen LogP contribution in [0, 0.1) is 5.82 Å². The summed E-state index contributed by atoms with van der Waals surface area (Å²) in [5.74, 6) is -0.791. The van der Waals surface area contributed by atoms with E-state index in [9.17, 15) is 14.0 Å². The first-order chi connectivity index (χ1) is 9.56. The van der Waals surface area contributed by atoms with Gasteiger partial charge in [-0.2, -0.15) is 0 Å². The molecule has 0 aromatic heterocycles. The lowest BCUT2D eigenvalue weighted by atomic mass is 10.2. The van der Waals surface area contributed by atoms with Crippen LogP contribution in [-0.2, 0) is 4.79 Å². The molecule has 2 rings (SSSR count). The molecule has 1 heterocycles. The largest absolute Gasteiger partial charge is 0.352 e. The zero-order valence-corrected chi connectivity index (χ0v) is 12.6. The van der Waals surface area contributed by atoms with E-state index in [2.05, 4.69) is 21.2 Å². The summed E-state index contributed by atoms with van der Waals surface area (Å²) in [7, 11) is 0. The van der Waals surface area contributed by atoms with Gasteiger partial charge in [0.2, 0.25) is 5.91 Å². The number of hydrogen-bond donors (Lipinski definition) is 1. The second-order valence-electron chi connectivity index (χ2n) is 4.75. The lowest BCUT2D eigenvalue weighted by molar-refractivity contribution is -0.129. The van der Waals surface area contributed by atoms with E-state index in [-0.39, 0.29) is 30.3 Å². The smallest absolute Gasteiger partial charge is 0.251 e. The topological polar surface area (TPSA) is 49.4 Å². The summed E-state index contributed by atoms with van der Waals surface area (Å²) in [6, 6.07) is 4.00. The monoisotopic (exact) mass is 342 g/mol. The van der Waals surface area contributed by atoms with Gasteiger partial charge in [-0.05, 0) is 31.0 Å². The van der Waals surface area contributed by atoms with Gasteiger partial charge in [-0.3, -0.25) is 9.59 Å². The van der Waals surface area contributed by atoms with Crippen LogP contribution in [0.4, 0.5) is 4.39 Å². The van der Waals surface area contributed by atoms with Crippen LogP contribution >= 0.6 is 15.9 Å². The third-order valence-electron chi connectivity index (χ3n) is 3.21. The Kier molecular flexibility index (Phi) is 5.11. The zero-order chi connectivity index (χ0) is 14.5. The average molecular weight is 343 g/mol. The molecule has 1 aliphatic rings. The van der Waals surface area contributed by atoms with Crippen LogP contribution in [-0.4, -0.2) is 36.3 Å². The first kappa shape index (κ1) is 15.0. The molecule has 6 heteroatoms. The van der Waals surface area contributed by atoms with Crippen molar-refractivity contribution in [3.05, 3.63) is 34.1 Å². The third kappa shape index (κ3) is 4.03. The second-order valence-corrected chi connectivity index (χ2v) is 5.67. The third-order valence-corrected chi connectivity index (χ3v) is 3.67. The summed E-state index contributed by atoms with van der Waals surface area (Å²) in [5, 5.41) is 2.63. The van der Waals surface area contributed by atoms with Gasteiger partial charge in [0, 0.05) is 36.1 Å². The number of carbonyl (C=O) groups is 2. The Morgan fingerprint density at radius 1 is 1.25 bits per heavy atom. The molecule has 0 aliphatic carbocycles. The number of amides is 2. The molecule has 0 bridgehead atoms. The van der Waals surface area contributed by atoms with Crippen LogP contribution in [0.1, 0.15) is 29.6 Å². The molecule has 4 nitrogen and oxygen atoms in total. The maximum atomic E-state index is 13.2. The van der Waals surface area contributed by atoms with Crippen LogP contribution in [0.2, 0.25) is 0 Å². The first-order valence-corrected chi connectivity index (χ1v) is 7.37. The molecule has 2 amide bonds. The number of hydrogen-bond acceptors (Lipinski definition) is 2. The Morgan fingerprint density at radius 3 is 2.60 bits per heavy atom. The summed E-state index contributed by atoms with van der Waals surface area (Å²) in [6.45, 7) is 1.88. The highest BCUT2D eigenvalue weighted by Gasteiger charge is 2.17. The fourth-order valence-corrected chi connectivity index (χ4v) is 2.66. The highest BCUT2D eigenvalue weighted by molar-refractivity contribution is 9.10. The molecular weight excluding hydrogens is 327 g/mol. The fraction of sp³-hybridized carbons (Fsp3) is 0.429. The number of nitrogens with zero attached hydrogens (tertiary/aromatic N) is 1. The van der Waals surface area contributed by atoms with Gasteiger partial charge in [0.15, 0.2) is 0 Å². The summed E-state index contributed by atoms with van der Waals surface area (Å²) in [4.78, 5) is 25.4. The van der Waals surface area contributed by atoms with Gasteiger partial charge in [-0.25, -0.2) is 4.39 Å². The SMILES string of the molecule is O=C(NCCC(=O)N1CCCC1)c1cc(F)cc(Br)c1. The van der Waals surface area contributed by atoms with Crippen molar-refractivity contribution in [1.29, 1.82) is 0 Å². The van der Waals surface area contributed by atoms with Crippen molar-refractivity contribution >= 4 is 27.7 Å². The van der Waals surface area contributed by atoms with E-state index in [1.807, 2.05) is 4.90 Å². The lowest BCUT2D eigenvalue weighted by Gasteiger charge is -2.15. The number of nitrogens with one attached hydrogen (secondary N) is 1. The Morgan fingerprint density at radius 2 is 1.95 bits per heavy atom. The molecule has 0 atom stereocenters. The zero-order valence-electron chi connectivity index (χ0n) is 11.0. The molecule has 1 aromatic carbocycles. The van der Waals surface area contributed by atoms with Gasteiger partial charge < -0.3 is 10.2 Å². The molecular formula is C14H16BrFN2O2. The standard InChI is InChI=1S/C14H16BrFN2O2/c15-11-7-10(8-12(16)9-11)14(20)17-4-3-13(19)18-5-1-2-6-18/h7-9H,1-6H2,(H,17,20). The quantitative estimate of drug-likeness (QED) is 0.912. The summed E-state index contributed by atoms with van der Waals surface area (Å²) >= 11 is 3.14. The van der Waals surface area contributed by atoms with Gasteiger partial charge in [-0.1, -0.05) is 15.9 Å². The molecule has 1 aromatic rings. The van der Waals surface area contributed by atoms with Crippen molar-refractivity contribution in [2.45, 2.75) is 19.3 Å². The van der Waals surface area contributed by atoms with Crippen molar-refractivity contribution in [3.8, 4) is 0 Å². The molecule has 20 heavy (non-hydrogen) atoms. The van der Waals surface area contributed by atoms with Crippen LogP contribution in [0.3, 0.4) is 0 Å². The molecule has 108 valence electrons. The Labute approximate surface area is 125 Å². The van der Waals surface area contributed by atoms with Crippen molar-refractivity contribution in [2.24, 2.45) is 0 Å². The highest BCUT2D eigenvalue weighted by atomic mass is 79.9. The summed E-state index contributed by atoms with van der Waals surface area (Å²) in [5.41, 5.74) is 0.241. The van der Waals surface area contributed by atoms with E-state index in [4.69, 9.17) is 0 Å². The Balaban J connectivity index is 1.81. The maximum absolute atomic E-state index is 13.2. The highest BCUT2D eigenvalue weighted by Crippen LogP contribution is 2.15.